The molecule has 25 heavy (non-hydrogen) atoms. The third kappa shape index (κ3) is 2.85. The van der Waals surface area contributed by atoms with E-state index >= 15 is 0 Å². The van der Waals surface area contributed by atoms with E-state index in [0.717, 1.165) is 0 Å². The average molecular weight is 360 g/mol. The van der Waals surface area contributed by atoms with Gasteiger partial charge in [0, 0.05) is 7.05 Å². The lowest BCUT2D eigenvalue weighted by Gasteiger charge is -2.24. The summed E-state index contributed by atoms with van der Waals surface area (Å²) in [5.41, 5.74) is 0.627. The van der Waals surface area contributed by atoms with Gasteiger partial charge in [-0.2, -0.15) is 0 Å². The average Bonchev–Trinajstić information content (AvgIpc) is 3.14. The van der Waals surface area contributed by atoms with Crippen molar-refractivity contribution < 1.29 is 14.3 Å². The number of halogens is 1. The number of aliphatic hydroxyl groups excluding tert-OH is 1. The third-order valence-electron chi connectivity index (χ3n) is 3.76. The van der Waals surface area contributed by atoms with Crippen molar-refractivity contribution in [3.63, 3.8) is 0 Å². The number of aromatic nitrogens is 3. The molecule has 128 valence electrons. The summed E-state index contributed by atoms with van der Waals surface area (Å²) in [6.07, 6.45) is 2.03. The standard InChI is InChI=1S/C15H13FN6O2S/c1-21-12(24)5-17-14-13(21)18-7-22(14)6-11(23)20-15-19-9-3-2-8(16)4-10(9)25-15/h2-5,7,12,24H,6H2,1H3,(H,19,20,23). The van der Waals surface area contributed by atoms with E-state index in [1.807, 2.05) is 0 Å². The molecule has 1 aliphatic rings. The maximum Gasteiger partial charge on any atom is 0.246 e. The number of hydrogen-bond donors (Lipinski definition) is 2. The van der Waals surface area contributed by atoms with Crippen molar-refractivity contribution in [2.75, 3.05) is 17.3 Å². The van der Waals surface area contributed by atoms with Crippen LogP contribution < -0.4 is 10.2 Å². The van der Waals surface area contributed by atoms with Crippen molar-refractivity contribution in [2.24, 2.45) is 4.99 Å². The molecule has 3 heterocycles. The molecule has 4 rings (SSSR count). The van der Waals surface area contributed by atoms with Crippen LogP contribution in [-0.2, 0) is 11.3 Å². The fourth-order valence-electron chi connectivity index (χ4n) is 2.49. The number of imidazole rings is 1. The lowest BCUT2D eigenvalue weighted by atomic mass is 10.3. The van der Waals surface area contributed by atoms with Crippen LogP contribution in [0.5, 0.6) is 0 Å². The van der Waals surface area contributed by atoms with Crippen LogP contribution in [-0.4, -0.2) is 45.0 Å². The molecule has 2 N–H and O–H groups in total. The highest BCUT2D eigenvalue weighted by Gasteiger charge is 2.23. The predicted octanol–water partition coefficient (Wildman–Crippen LogP) is 1.74. The zero-order chi connectivity index (χ0) is 17.6. The Bertz CT molecular complexity index is 997. The zero-order valence-corrected chi connectivity index (χ0v) is 13.9. The van der Waals surface area contributed by atoms with Crippen molar-refractivity contribution in [3.05, 3.63) is 30.3 Å². The smallest absolute Gasteiger partial charge is 0.246 e. The number of aliphatic imine (C=N–C) groups is 1. The van der Waals surface area contributed by atoms with Gasteiger partial charge in [0.2, 0.25) is 5.91 Å². The highest BCUT2D eigenvalue weighted by atomic mass is 32.1. The van der Waals surface area contributed by atoms with Gasteiger partial charge in [-0.05, 0) is 18.2 Å². The second kappa shape index (κ2) is 5.90. The van der Waals surface area contributed by atoms with Crippen LogP contribution in [0.4, 0.5) is 21.2 Å². The van der Waals surface area contributed by atoms with Crippen LogP contribution in [0.3, 0.4) is 0 Å². The Morgan fingerprint density at radius 1 is 1.48 bits per heavy atom. The fraction of sp³-hybridized carbons (Fsp3) is 0.200. The Hall–Kier alpha value is -2.85. The topological polar surface area (TPSA) is 95.6 Å². The minimum Gasteiger partial charge on any atom is -0.368 e. The third-order valence-corrected chi connectivity index (χ3v) is 4.70. The molecule has 0 spiro atoms. The Morgan fingerprint density at radius 3 is 3.16 bits per heavy atom. The monoisotopic (exact) mass is 360 g/mol. The first-order valence-corrected chi connectivity index (χ1v) is 8.19. The van der Waals surface area contributed by atoms with E-state index in [2.05, 4.69) is 20.3 Å². The number of nitrogens with zero attached hydrogens (tertiary/aromatic N) is 5. The second-order valence-corrected chi connectivity index (χ2v) is 6.53. The Balaban J connectivity index is 1.51. The van der Waals surface area contributed by atoms with Crippen molar-refractivity contribution in [3.8, 4) is 0 Å². The lowest BCUT2D eigenvalue weighted by molar-refractivity contribution is -0.116. The summed E-state index contributed by atoms with van der Waals surface area (Å²) in [4.78, 5) is 26.4. The fourth-order valence-corrected chi connectivity index (χ4v) is 3.40. The van der Waals surface area contributed by atoms with E-state index in [0.29, 0.717) is 27.0 Å². The molecule has 3 aromatic rings. The first-order chi connectivity index (χ1) is 12.0. The molecule has 0 fully saturated rings. The van der Waals surface area contributed by atoms with E-state index in [1.165, 1.54) is 36.0 Å². The van der Waals surface area contributed by atoms with E-state index in [4.69, 9.17) is 0 Å². The summed E-state index contributed by atoms with van der Waals surface area (Å²) in [6.45, 7) is -0.00606. The number of nitrogens with one attached hydrogen (secondary N) is 1. The van der Waals surface area contributed by atoms with Crippen molar-refractivity contribution in [2.45, 2.75) is 12.8 Å². The SMILES string of the molecule is CN1c2ncn(CC(=O)Nc3nc4ccc(F)cc4s3)c2N=CC1O. The summed E-state index contributed by atoms with van der Waals surface area (Å²) in [5.74, 6) is 0.347. The molecule has 2 aromatic heterocycles. The number of benzene rings is 1. The largest absolute Gasteiger partial charge is 0.368 e. The summed E-state index contributed by atoms with van der Waals surface area (Å²) in [6, 6.07) is 4.28. The van der Waals surface area contributed by atoms with Gasteiger partial charge in [-0.15, -0.1) is 0 Å². The van der Waals surface area contributed by atoms with Crippen LogP contribution in [0.15, 0.2) is 29.5 Å². The molecule has 0 aliphatic carbocycles. The number of fused-ring (bicyclic) bond motifs is 2. The summed E-state index contributed by atoms with van der Waals surface area (Å²) >= 11 is 1.20. The molecule has 10 heteroatoms. The summed E-state index contributed by atoms with van der Waals surface area (Å²) < 4.78 is 15.5. The molecule has 1 aliphatic heterocycles. The van der Waals surface area contributed by atoms with Gasteiger partial charge < -0.3 is 19.9 Å². The van der Waals surface area contributed by atoms with Gasteiger partial charge in [0.25, 0.3) is 0 Å². The minimum absolute atomic E-state index is 0.00606. The van der Waals surface area contributed by atoms with Crippen LogP contribution in [0.25, 0.3) is 10.2 Å². The number of rotatable bonds is 3. The van der Waals surface area contributed by atoms with Crippen LogP contribution in [0.2, 0.25) is 0 Å². The zero-order valence-electron chi connectivity index (χ0n) is 13.0. The van der Waals surface area contributed by atoms with Gasteiger partial charge in [0.1, 0.15) is 12.4 Å². The Labute approximate surface area is 145 Å². The molecule has 0 saturated carbocycles. The first kappa shape index (κ1) is 15.7. The maximum atomic E-state index is 13.2. The van der Waals surface area contributed by atoms with Gasteiger partial charge in [0.05, 0.1) is 22.8 Å². The van der Waals surface area contributed by atoms with Gasteiger partial charge in [0.15, 0.2) is 23.0 Å². The highest BCUT2D eigenvalue weighted by Crippen LogP contribution is 2.30. The molecule has 8 nitrogen and oxygen atoms in total. The minimum atomic E-state index is -0.840. The van der Waals surface area contributed by atoms with Gasteiger partial charge >= 0.3 is 0 Å². The number of hydrogen-bond acceptors (Lipinski definition) is 7. The molecular formula is C15H13FN6O2S. The van der Waals surface area contributed by atoms with Crippen LogP contribution in [0, 0.1) is 5.82 Å². The van der Waals surface area contributed by atoms with Crippen molar-refractivity contribution in [1.82, 2.24) is 14.5 Å². The van der Waals surface area contributed by atoms with Gasteiger partial charge in [-0.1, -0.05) is 11.3 Å². The molecule has 0 saturated heterocycles. The number of carbonyl (C=O) groups is 1. The maximum absolute atomic E-state index is 13.2. The van der Waals surface area contributed by atoms with E-state index in [1.54, 1.807) is 22.6 Å². The van der Waals surface area contributed by atoms with Crippen LogP contribution in [0.1, 0.15) is 0 Å². The van der Waals surface area contributed by atoms with E-state index < -0.39 is 6.23 Å². The predicted molar refractivity (Wildman–Crippen MR) is 93.0 cm³/mol. The number of amides is 1. The molecule has 1 amide bonds. The second-order valence-electron chi connectivity index (χ2n) is 5.50. The van der Waals surface area contributed by atoms with Gasteiger partial charge in [-0.3, -0.25) is 4.79 Å². The van der Waals surface area contributed by atoms with E-state index in [9.17, 15) is 14.3 Å². The molecule has 0 bridgehead atoms. The van der Waals surface area contributed by atoms with Crippen molar-refractivity contribution >= 4 is 50.4 Å². The molecule has 1 atom stereocenters. The lowest BCUT2D eigenvalue weighted by Crippen LogP contribution is -2.34. The normalized spacial score (nSPS) is 16.3. The van der Waals surface area contributed by atoms with Crippen molar-refractivity contribution in [1.29, 1.82) is 0 Å². The first-order valence-electron chi connectivity index (χ1n) is 7.37. The number of carbonyl (C=O) groups excluding carboxylic acids is 1. The summed E-state index contributed by atoms with van der Waals surface area (Å²) in [7, 11) is 1.69. The van der Waals surface area contributed by atoms with Crippen LogP contribution >= 0.6 is 11.3 Å². The summed E-state index contributed by atoms with van der Waals surface area (Å²) in [5, 5.41) is 12.8. The molecule has 1 aromatic carbocycles. The number of aliphatic hydroxyl groups is 1. The number of anilines is 2. The molecule has 0 radical (unpaired) electrons. The molecular weight excluding hydrogens is 347 g/mol. The molecule has 1 unspecified atom stereocenters. The van der Waals surface area contributed by atoms with Gasteiger partial charge in [-0.25, -0.2) is 19.4 Å². The Kier molecular flexibility index (Phi) is 3.70. The van der Waals surface area contributed by atoms with E-state index in [-0.39, 0.29) is 18.3 Å². The highest BCUT2D eigenvalue weighted by molar-refractivity contribution is 7.22. The Morgan fingerprint density at radius 2 is 2.32 bits per heavy atom. The quantitative estimate of drug-likeness (QED) is 0.742. The number of thiazole rings is 1.